The van der Waals surface area contributed by atoms with E-state index in [4.69, 9.17) is 20.3 Å². The molecule has 0 bridgehead atoms. The number of amides is 6. The minimum Gasteiger partial charge on any atom is -0.394 e. The van der Waals surface area contributed by atoms with Gasteiger partial charge < -0.3 is 66.3 Å². The number of aromatic nitrogens is 2. The summed E-state index contributed by atoms with van der Waals surface area (Å²) in [5.74, 6) is -5.22. The molecule has 1 fully saturated rings. The number of rotatable bonds is 25. The van der Waals surface area contributed by atoms with Crippen LogP contribution in [0.2, 0.25) is 0 Å². The first-order valence-corrected chi connectivity index (χ1v) is 20.2. The van der Waals surface area contributed by atoms with Crippen LogP contribution in [0.15, 0.2) is 12.5 Å². The van der Waals surface area contributed by atoms with Crippen LogP contribution in [0, 0.1) is 5.92 Å². The smallest absolute Gasteiger partial charge is 0.394 e. The van der Waals surface area contributed by atoms with Gasteiger partial charge in [0.25, 0.3) is 0 Å². The van der Waals surface area contributed by atoms with Crippen LogP contribution in [-0.4, -0.2) is 150 Å². The highest BCUT2D eigenvalue weighted by Gasteiger charge is 2.38. The molecule has 0 spiro atoms. The molecule has 0 saturated carbocycles. The minimum atomic E-state index is -5.13. The van der Waals surface area contributed by atoms with Crippen molar-refractivity contribution in [1.29, 1.82) is 0 Å². The molecule has 0 aliphatic carbocycles. The summed E-state index contributed by atoms with van der Waals surface area (Å²) >= 11 is 0. The first-order chi connectivity index (χ1) is 26.7. The number of primary amides is 1. The number of carbonyl (C=O) groups excluding carboxylic acids is 6. The largest absolute Gasteiger partial charge is 0.469 e. The van der Waals surface area contributed by atoms with E-state index < -0.39 is 93.0 Å². The molecule has 1 aliphatic rings. The Labute approximate surface area is 330 Å². The van der Waals surface area contributed by atoms with E-state index in [-0.39, 0.29) is 56.8 Å². The van der Waals surface area contributed by atoms with E-state index in [1.807, 2.05) is 27.7 Å². The van der Waals surface area contributed by atoms with Crippen molar-refractivity contribution in [2.24, 2.45) is 11.7 Å². The Balaban J connectivity index is 2.36. The molecule has 0 radical (unpaired) electrons. The molecule has 2 rings (SSSR count). The first-order valence-electron chi connectivity index (χ1n) is 18.7. The molecule has 324 valence electrons. The SMILES string of the molecule is CC(C)C[C@H](NC(=O)[C@@H]1CCCN1C(=O)CCOC(C)C)C(=O)N[C@@H](Cc1cncn1CC[C@H](O)CO)C(=O)N[C@@H](CO)C(=O)N[C@H](C(N)=O)[C@@H](C)OP(=O)(O)O. The molecule has 1 aliphatic heterocycles. The molecule has 57 heavy (non-hydrogen) atoms. The predicted octanol–water partition coefficient (Wildman–Crippen LogP) is -3.06. The zero-order chi connectivity index (χ0) is 43.0. The number of aliphatic hydroxyl groups excluding tert-OH is 3. The van der Waals surface area contributed by atoms with Gasteiger partial charge in [0.05, 0.1) is 50.9 Å². The van der Waals surface area contributed by atoms with E-state index in [1.165, 1.54) is 17.4 Å². The maximum absolute atomic E-state index is 14.0. The summed E-state index contributed by atoms with van der Waals surface area (Å²) in [6, 6.07) is -7.13. The number of phosphoric ester groups is 1. The van der Waals surface area contributed by atoms with Crippen LogP contribution in [0.3, 0.4) is 0 Å². The number of nitrogens with two attached hydrogens (primary N) is 1. The fourth-order valence-electron chi connectivity index (χ4n) is 6.04. The Bertz CT molecular complexity index is 1560. The highest BCUT2D eigenvalue weighted by molar-refractivity contribution is 7.46. The van der Waals surface area contributed by atoms with Crippen LogP contribution in [0.25, 0.3) is 0 Å². The number of likely N-dealkylation sites (tertiary alicyclic amines) is 1. The van der Waals surface area contributed by atoms with Crippen LogP contribution in [0.1, 0.15) is 72.4 Å². The normalized spacial score (nSPS) is 17.7. The Morgan fingerprint density at radius 3 is 2.16 bits per heavy atom. The van der Waals surface area contributed by atoms with Crippen LogP contribution >= 0.6 is 7.82 Å². The van der Waals surface area contributed by atoms with Crippen molar-refractivity contribution in [2.75, 3.05) is 26.4 Å². The number of hydrogen-bond donors (Lipinski definition) is 10. The third kappa shape index (κ3) is 16.8. The van der Waals surface area contributed by atoms with Gasteiger partial charge in [-0.25, -0.2) is 9.55 Å². The number of ether oxygens (including phenoxy) is 1. The van der Waals surface area contributed by atoms with Crippen molar-refractivity contribution in [3.8, 4) is 0 Å². The van der Waals surface area contributed by atoms with Crippen LogP contribution < -0.4 is 27.0 Å². The summed E-state index contributed by atoms with van der Waals surface area (Å²) in [5, 5.41) is 39.0. The van der Waals surface area contributed by atoms with Gasteiger partial charge in [-0.05, 0) is 52.4 Å². The Morgan fingerprint density at radius 2 is 1.58 bits per heavy atom. The Kier molecular flexibility index (Phi) is 20.2. The summed E-state index contributed by atoms with van der Waals surface area (Å²) in [4.78, 5) is 104. The Morgan fingerprint density at radius 1 is 0.947 bits per heavy atom. The molecule has 1 aromatic rings. The van der Waals surface area contributed by atoms with Crippen LogP contribution in [0.5, 0.6) is 0 Å². The third-order valence-corrected chi connectivity index (χ3v) is 9.54. The topological polar surface area (TPSA) is 334 Å². The van der Waals surface area contributed by atoms with Crippen molar-refractivity contribution in [1.82, 2.24) is 35.7 Å². The quantitative estimate of drug-likeness (QED) is 0.0437. The fraction of sp³-hybridized carbons (Fsp3) is 0.735. The zero-order valence-electron chi connectivity index (χ0n) is 32.9. The van der Waals surface area contributed by atoms with E-state index >= 15 is 0 Å². The van der Waals surface area contributed by atoms with Gasteiger partial charge in [-0.3, -0.25) is 33.3 Å². The lowest BCUT2D eigenvalue weighted by molar-refractivity contribution is -0.140. The zero-order valence-corrected chi connectivity index (χ0v) is 33.8. The molecule has 1 saturated heterocycles. The van der Waals surface area contributed by atoms with Gasteiger partial charge in [0, 0.05) is 31.4 Å². The molecule has 22 nitrogen and oxygen atoms in total. The number of imidazole rings is 1. The predicted molar refractivity (Wildman–Crippen MR) is 200 cm³/mol. The van der Waals surface area contributed by atoms with Crippen LogP contribution in [-0.2, 0) is 55.6 Å². The summed E-state index contributed by atoms with van der Waals surface area (Å²) in [5.41, 5.74) is 5.67. The van der Waals surface area contributed by atoms with Crippen LogP contribution in [0.4, 0.5) is 0 Å². The van der Waals surface area contributed by atoms with Gasteiger partial charge >= 0.3 is 7.82 Å². The van der Waals surface area contributed by atoms with Gasteiger partial charge in [0.1, 0.15) is 30.2 Å². The molecule has 0 unspecified atom stereocenters. The highest BCUT2D eigenvalue weighted by Crippen LogP contribution is 2.38. The molecule has 6 amide bonds. The van der Waals surface area contributed by atoms with E-state index in [2.05, 4.69) is 30.8 Å². The molecular formula is C34H59N8O14P. The minimum absolute atomic E-state index is 0.0699. The second kappa shape index (κ2) is 23.4. The fourth-order valence-corrected chi connectivity index (χ4v) is 6.60. The number of hydrogen-bond acceptors (Lipinski definition) is 13. The summed E-state index contributed by atoms with van der Waals surface area (Å²) in [7, 11) is -5.13. The number of aryl methyl sites for hydroxylation is 1. The first kappa shape index (κ1) is 49.1. The Hall–Kier alpha value is -4.02. The van der Waals surface area contributed by atoms with Crippen molar-refractivity contribution in [2.45, 2.75) is 128 Å². The average molecular weight is 835 g/mol. The van der Waals surface area contributed by atoms with Crippen molar-refractivity contribution >= 4 is 43.3 Å². The number of phosphoric acid groups is 1. The van der Waals surface area contributed by atoms with Gasteiger partial charge in [0.2, 0.25) is 35.4 Å². The van der Waals surface area contributed by atoms with Crippen molar-refractivity contribution in [3.05, 3.63) is 18.2 Å². The van der Waals surface area contributed by atoms with E-state index in [0.29, 0.717) is 25.1 Å². The van der Waals surface area contributed by atoms with Crippen molar-refractivity contribution < 1.29 is 67.7 Å². The van der Waals surface area contributed by atoms with E-state index in [9.17, 15) is 48.7 Å². The maximum atomic E-state index is 14.0. The summed E-state index contributed by atoms with van der Waals surface area (Å²) in [6.45, 7) is 7.48. The number of aliphatic hydroxyl groups is 3. The van der Waals surface area contributed by atoms with E-state index in [0.717, 1.165) is 6.92 Å². The lowest BCUT2D eigenvalue weighted by Crippen LogP contribution is -2.61. The van der Waals surface area contributed by atoms with Gasteiger partial charge in [0.15, 0.2) is 0 Å². The van der Waals surface area contributed by atoms with Crippen molar-refractivity contribution in [3.63, 3.8) is 0 Å². The number of nitrogens with one attached hydrogen (secondary N) is 4. The molecule has 23 heteroatoms. The van der Waals surface area contributed by atoms with Gasteiger partial charge in [-0.15, -0.1) is 0 Å². The van der Waals surface area contributed by atoms with Gasteiger partial charge in [-0.2, -0.15) is 0 Å². The monoisotopic (exact) mass is 834 g/mol. The molecule has 2 heterocycles. The lowest BCUT2D eigenvalue weighted by Gasteiger charge is -2.29. The lowest BCUT2D eigenvalue weighted by atomic mass is 10.0. The molecule has 11 N–H and O–H groups in total. The summed E-state index contributed by atoms with van der Waals surface area (Å²) in [6.07, 6.45) is 0.976. The molecule has 0 aromatic carbocycles. The summed E-state index contributed by atoms with van der Waals surface area (Å²) < 4.78 is 22.8. The highest BCUT2D eigenvalue weighted by atomic mass is 31.2. The maximum Gasteiger partial charge on any atom is 0.469 e. The number of carbonyl (C=O) groups is 6. The second-order valence-corrected chi connectivity index (χ2v) is 15.7. The average Bonchev–Trinajstić information content (AvgIpc) is 3.79. The third-order valence-electron chi connectivity index (χ3n) is 8.93. The molecule has 7 atom stereocenters. The standard InChI is InChI=1S/C34H59N8O14P/c1-19(2)13-24(38-34(51)27-7-6-10-42(27)28(46)9-12-55-20(3)4)31(48)37-25(14-22-15-36-18-41(22)11-8-23(45)16-43)32(49)39-26(17-44)33(50)40-29(30(35)47)21(5)56-57(52,53)54/h15,18-21,23-27,29,43-45H,6-14,16-17H2,1-5H3,(H2,35,47)(H,37,48)(H,38,51)(H,39,49)(H,40,50)(H2,52,53,54)/t21-,23+,24+,25+,26+,27+,29+/m1/s1. The second-order valence-electron chi connectivity index (χ2n) is 14.5. The van der Waals surface area contributed by atoms with Gasteiger partial charge in [-0.1, -0.05) is 13.8 Å². The van der Waals surface area contributed by atoms with E-state index in [1.54, 1.807) is 4.57 Å². The molecular weight excluding hydrogens is 775 g/mol. The molecule has 1 aromatic heterocycles. The number of nitrogens with zero attached hydrogens (tertiary/aromatic N) is 3.